The molecular weight excluding hydrogens is 242 g/mol. The normalized spacial score (nSPS) is 10.5. The number of rotatable bonds is 7. The SMILES string of the molecule is CCCNC(=O)CN(C)Cc1cc(N)ccc1OC. The van der Waals surface area contributed by atoms with Gasteiger partial charge in [-0.1, -0.05) is 6.92 Å². The first-order valence-corrected chi connectivity index (χ1v) is 6.44. The largest absolute Gasteiger partial charge is 0.496 e. The van der Waals surface area contributed by atoms with Gasteiger partial charge in [-0.25, -0.2) is 0 Å². The van der Waals surface area contributed by atoms with Crippen molar-refractivity contribution < 1.29 is 9.53 Å². The number of carbonyl (C=O) groups excluding carboxylic acids is 1. The number of nitrogens with zero attached hydrogens (tertiary/aromatic N) is 1. The van der Waals surface area contributed by atoms with Crippen LogP contribution in [0.2, 0.25) is 0 Å². The fourth-order valence-corrected chi connectivity index (χ4v) is 1.83. The monoisotopic (exact) mass is 265 g/mol. The molecule has 0 saturated heterocycles. The summed E-state index contributed by atoms with van der Waals surface area (Å²) in [5.74, 6) is 0.822. The van der Waals surface area contributed by atoms with Crippen molar-refractivity contribution in [2.45, 2.75) is 19.9 Å². The number of hydrogen-bond donors (Lipinski definition) is 2. The Morgan fingerprint density at radius 1 is 1.47 bits per heavy atom. The molecule has 1 aromatic rings. The van der Waals surface area contributed by atoms with Gasteiger partial charge in [0.25, 0.3) is 0 Å². The van der Waals surface area contributed by atoms with E-state index in [2.05, 4.69) is 5.32 Å². The van der Waals surface area contributed by atoms with Crippen molar-refractivity contribution in [2.75, 3.05) is 33.0 Å². The van der Waals surface area contributed by atoms with Crippen molar-refractivity contribution in [1.82, 2.24) is 10.2 Å². The minimum atomic E-state index is 0.0345. The predicted octanol–water partition coefficient (Wildman–Crippen LogP) is 1.24. The molecule has 0 aliphatic heterocycles. The number of anilines is 1. The third kappa shape index (κ3) is 5.18. The molecule has 0 heterocycles. The van der Waals surface area contributed by atoms with Crippen LogP contribution in [0.15, 0.2) is 18.2 Å². The van der Waals surface area contributed by atoms with Crippen LogP contribution in [-0.4, -0.2) is 38.1 Å². The van der Waals surface area contributed by atoms with Gasteiger partial charge in [-0.2, -0.15) is 0 Å². The first kappa shape index (κ1) is 15.3. The second-order valence-corrected chi connectivity index (χ2v) is 4.59. The average molecular weight is 265 g/mol. The third-order valence-corrected chi connectivity index (χ3v) is 2.73. The highest BCUT2D eigenvalue weighted by molar-refractivity contribution is 5.77. The van der Waals surface area contributed by atoms with E-state index in [1.807, 2.05) is 31.0 Å². The molecule has 0 radical (unpaired) electrons. The van der Waals surface area contributed by atoms with Crippen LogP contribution in [0.4, 0.5) is 5.69 Å². The molecule has 0 aliphatic rings. The van der Waals surface area contributed by atoms with Gasteiger partial charge in [-0.3, -0.25) is 9.69 Å². The Kier molecular flexibility index (Phi) is 6.15. The van der Waals surface area contributed by atoms with Gasteiger partial charge in [0.05, 0.1) is 13.7 Å². The second kappa shape index (κ2) is 7.63. The number of benzene rings is 1. The topological polar surface area (TPSA) is 67.6 Å². The van der Waals surface area contributed by atoms with Crippen LogP contribution in [0, 0.1) is 0 Å². The molecule has 0 aliphatic carbocycles. The summed E-state index contributed by atoms with van der Waals surface area (Å²) in [6.07, 6.45) is 0.943. The Bertz CT molecular complexity index is 421. The Balaban J connectivity index is 2.58. The van der Waals surface area contributed by atoms with Crippen LogP contribution in [-0.2, 0) is 11.3 Å². The smallest absolute Gasteiger partial charge is 0.234 e. The number of ether oxygens (including phenoxy) is 1. The standard InChI is InChI=1S/C14H23N3O2/c1-4-7-16-14(18)10-17(2)9-11-8-12(15)5-6-13(11)19-3/h5-6,8H,4,7,9-10,15H2,1-3H3,(H,16,18). The number of nitrogens with one attached hydrogen (secondary N) is 1. The van der Waals surface area contributed by atoms with Crippen LogP contribution < -0.4 is 15.8 Å². The van der Waals surface area contributed by atoms with Crippen LogP contribution in [0.3, 0.4) is 0 Å². The summed E-state index contributed by atoms with van der Waals surface area (Å²) in [5.41, 5.74) is 7.45. The molecule has 19 heavy (non-hydrogen) atoms. The van der Waals surface area contributed by atoms with E-state index >= 15 is 0 Å². The first-order valence-electron chi connectivity index (χ1n) is 6.44. The number of methoxy groups -OCH3 is 1. The number of hydrogen-bond acceptors (Lipinski definition) is 4. The highest BCUT2D eigenvalue weighted by Crippen LogP contribution is 2.22. The molecule has 1 amide bonds. The number of nitrogens with two attached hydrogens (primary N) is 1. The van der Waals surface area contributed by atoms with E-state index in [1.54, 1.807) is 13.2 Å². The van der Waals surface area contributed by atoms with Crippen LogP contribution >= 0.6 is 0 Å². The summed E-state index contributed by atoms with van der Waals surface area (Å²) < 4.78 is 5.29. The molecule has 5 nitrogen and oxygen atoms in total. The zero-order valence-corrected chi connectivity index (χ0v) is 11.9. The number of likely N-dealkylation sites (N-methyl/N-ethyl adjacent to an activating group) is 1. The van der Waals surface area contributed by atoms with Gasteiger partial charge in [-0.05, 0) is 31.7 Å². The maximum atomic E-state index is 11.6. The van der Waals surface area contributed by atoms with E-state index in [-0.39, 0.29) is 5.91 Å². The summed E-state index contributed by atoms with van der Waals surface area (Å²) in [5, 5.41) is 2.85. The van der Waals surface area contributed by atoms with E-state index in [0.29, 0.717) is 25.3 Å². The van der Waals surface area contributed by atoms with Crippen LogP contribution in [0.1, 0.15) is 18.9 Å². The van der Waals surface area contributed by atoms with Crippen molar-refractivity contribution >= 4 is 11.6 Å². The molecule has 0 bridgehead atoms. The lowest BCUT2D eigenvalue weighted by Crippen LogP contribution is -2.35. The Morgan fingerprint density at radius 3 is 2.84 bits per heavy atom. The van der Waals surface area contributed by atoms with E-state index < -0.39 is 0 Å². The fraction of sp³-hybridized carbons (Fsp3) is 0.500. The number of nitrogen functional groups attached to an aromatic ring is 1. The molecule has 3 N–H and O–H groups in total. The molecule has 0 aromatic heterocycles. The predicted molar refractivity (Wildman–Crippen MR) is 77.0 cm³/mol. The molecule has 1 aromatic carbocycles. The number of amides is 1. The lowest BCUT2D eigenvalue weighted by Gasteiger charge is -2.18. The lowest BCUT2D eigenvalue weighted by atomic mass is 10.1. The maximum absolute atomic E-state index is 11.6. The summed E-state index contributed by atoms with van der Waals surface area (Å²) in [4.78, 5) is 13.5. The molecule has 106 valence electrons. The summed E-state index contributed by atoms with van der Waals surface area (Å²) in [7, 11) is 3.52. The minimum absolute atomic E-state index is 0.0345. The van der Waals surface area contributed by atoms with E-state index in [9.17, 15) is 4.79 Å². The molecular formula is C14H23N3O2. The van der Waals surface area contributed by atoms with Gasteiger partial charge in [0, 0.05) is 24.3 Å². The van der Waals surface area contributed by atoms with Crippen LogP contribution in [0.5, 0.6) is 5.75 Å². The minimum Gasteiger partial charge on any atom is -0.496 e. The molecule has 0 spiro atoms. The molecule has 1 rings (SSSR count). The quantitative estimate of drug-likeness (QED) is 0.728. The Morgan fingerprint density at radius 2 is 2.21 bits per heavy atom. The summed E-state index contributed by atoms with van der Waals surface area (Å²) in [6.45, 7) is 3.72. The van der Waals surface area contributed by atoms with Crippen molar-refractivity contribution in [2.24, 2.45) is 0 Å². The van der Waals surface area contributed by atoms with E-state index in [4.69, 9.17) is 10.5 Å². The Hall–Kier alpha value is -1.75. The average Bonchev–Trinajstić information content (AvgIpc) is 2.36. The van der Waals surface area contributed by atoms with Crippen molar-refractivity contribution in [3.8, 4) is 5.75 Å². The fourth-order valence-electron chi connectivity index (χ4n) is 1.83. The van der Waals surface area contributed by atoms with Gasteiger partial charge in [0.2, 0.25) is 5.91 Å². The zero-order valence-electron chi connectivity index (χ0n) is 11.9. The summed E-state index contributed by atoms with van der Waals surface area (Å²) in [6, 6.07) is 5.52. The third-order valence-electron chi connectivity index (χ3n) is 2.73. The molecule has 0 atom stereocenters. The maximum Gasteiger partial charge on any atom is 0.234 e. The van der Waals surface area contributed by atoms with E-state index in [1.165, 1.54) is 0 Å². The molecule has 5 heteroatoms. The van der Waals surface area contributed by atoms with Gasteiger partial charge in [-0.15, -0.1) is 0 Å². The highest BCUT2D eigenvalue weighted by Gasteiger charge is 2.10. The summed E-state index contributed by atoms with van der Waals surface area (Å²) >= 11 is 0. The van der Waals surface area contributed by atoms with Crippen molar-refractivity contribution in [1.29, 1.82) is 0 Å². The first-order chi connectivity index (χ1) is 9.06. The number of carbonyl (C=O) groups is 1. The van der Waals surface area contributed by atoms with Gasteiger partial charge < -0.3 is 15.8 Å². The lowest BCUT2D eigenvalue weighted by molar-refractivity contribution is -0.122. The van der Waals surface area contributed by atoms with Crippen molar-refractivity contribution in [3.05, 3.63) is 23.8 Å². The molecule has 0 fully saturated rings. The Labute approximate surface area is 114 Å². The van der Waals surface area contributed by atoms with Gasteiger partial charge in [0.15, 0.2) is 0 Å². The van der Waals surface area contributed by atoms with Gasteiger partial charge in [0.1, 0.15) is 5.75 Å². The highest BCUT2D eigenvalue weighted by atomic mass is 16.5. The van der Waals surface area contributed by atoms with Crippen LogP contribution in [0.25, 0.3) is 0 Å². The van der Waals surface area contributed by atoms with Crippen molar-refractivity contribution in [3.63, 3.8) is 0 Å². The molecule has 0 unspecified atom stereocenters. The van der Waals surface area contributed by atoms with Gasteiger partial charge >= 0.3 is 0 Å². The van der Waals surface area contributed by atoms with E-state index in [0.717, 1.165) is 17.7 Å². The second-order valence-electron chi connectivity index (χ2n) is 4.59. The zero-order chi connectivity index (χ0) is 14.3. The molecule has 0 saturated carbocycles.